The van der Waals surface area contributed by atoms with Crippen LogP contribution in [0.1, 0.15) is 16.7 Å². The van der Waals surface area contributed by atoms with Crippen LogP contribution in [-0.2, 0) is 20.4 Å². The first-order valence-corrected chi connectivity index (χ1v) is 18.9. The van der Waals surface area contributed by atoms with Crippen LogP contribution >= 0.6 is 0 Å². The minimum atomic E-state index is 0. The predicted molar refractivity (Wildman–Crippen MR) is 229 cm³/mol. The molecule has 11 rings (SSSR count). The number of hydrogen-bond donors (Lipinski definition) is 0. The number of imidazole rings is 2. The van der Waals surface area contributed by atoms with Gasteiger partial charge in [0.15, 0.2) is 0 Å². The molecule has 4 aromatic heterocycles. The van der Waals surface area contributed by atoms with E-state index in [-0.39, 0.29) is 20.4 Å². The normalized spacial score (nSPS) is 11.6. The molecule has 0 N–H and O–H groups in total. The van der Waals surface area contributed by atoms with Crippen LogP contribution in [0.25, 0.3) is 88.4 Å². The van der Waals surface area contributed by atoms with Crippen molar-refractivity contribution in [1.29, 1.82) is 0 Å². The monoisotopic (exact) mass is 824 g/mol. The molecule has 0 saturated carbocycles. The molecular weight excluding hydrogens is 791 g/mol. The number of benzene rings is 7. The van der Waals surface area contributed by atoms with Gasteiger partial charge in [-0.1, -0.05) is 161 Å². The van der Waals surface area contributed by atoms with Crippen LogP contribution in [0.2, 0.25) is 0 Å². The topological polar surface area (TPSA) is 43.8 Å². The first-order chi connectivity index (χ1) is 27.5. The van der Waals surface area contributed by atoms with Crippen LogP contribution in [0.3, 0.4) is 0 Å². The molecule has 0 atom stereocenters. The maximum Gasteiger partial charge on any atom is 2.00 e. The fraction of sp³-hybridized carbons (Fsp3) is 0.0588. The summed E-state index contributed by atoms with van der Waals surface area (Å²) < 4.78 is 11.2. The Labute approximate surface area is 343 Å². The van der Waals surface area contributed by atoms with Crippen LogP contribution in [0.5, 0.6) is 11.5 Å². The fourth-order valence-electron chi connectivity index (χ4n) is 8.80. The first kappa shape index (κ1) is 34.9. The Morgan fingerprint density at radius 3 is 1.67 bits per heavy atom. The maximum absolute atomic E-state index is 6.68. The van der Waals surface area contributed by atoms with Gasteiger partial charge in [0.1, 0.15) is 0 Å². The van der Waals surface area contributed by atoms with E-state index in [9.17, 15) is 0 Å². The smallest absolute Gasteiger partial charge is 0.497 e. The SMILES string of the molecule is Cc1cc(C)c(-c2cnc3c4[c-]c(Oc5[c-]c6c(cc5)c5ccccc5n5c(-c7ccccc7)c(-c7ccccc7)nc65)ccc4c4ccccc4n23)c(C)c1.[Pd+2]. The summed E-state index contributed by atoms with van der Waals surface area (Å²) in [7, 11) is 0. The van der Waals surface area contributed by atoms with Crippen LogP contribution < -0.4 is 4.74 Å². The number of pyridine rings is 2. The molecule has 0 fully saturated rings. The molecule has 57 heavy (non-hydrogen) atoms. The van der Waals surface area contributed by atoms with E-state index in [1.807, 2.05) is 24.4 Å². The van der Waals surface area contributed by atoms with Gasteiger partial charge < -0.3 is 13.5 Å². The molecule has 0 aliphatic rings. The van der Waals surface area contributed by atoms with E-state index >= 15 is 0 Å². The number of aryl methyl sites for hydroxylation is 3. The van der Waals surface area contributed by atoms with E-state index in [2.05, 4.69) is 169 Å². The average Bonchev–Trinajstić information content (AvgIpc) is 3.85. The molecule has 11 aromatic rings. The van der Waals surface area contributed by atoms with Gasteiger partial charge in [-0.15, -0.1) is 12.1 Å². The summed E-state index contributed by atoms with van der Waals surface area (Å²) >= 11 is 0. The first-order valence-electron chi connectivity index (χ1n) is 18.9. The molecule has 6 heteroatoms. The molecule has 0 spiro atoms. The average molecular weight is 825 g/mol. The van der Waals surface area contributed by atoms with Crippen LogP contribution in [-0.4, -0.2) is 18.8 Å². The van der Waals surface area contributed by atoms with Crippen molar-refractivity contribution in [2.24, 2.45) is 0 Å². The van der Waals surface area contributed by atoms with Crippen LogP contribution in [0, 0.1) is 32.9 Å². The van der Waals surface area contributed by atoms with Gasteiger partial charge in [0.05, 0.1) is 28.4 Å². The number of rotatable bonds is 5. The van der Waals surface area contributed by atoms with Crippen LogP contribution in [0.4, 0.5) is 0 Å². The molecule has 7 aromatic carbocycles. The Morgan fingerprint density at radius 1 is 0.526 bits per heavy atom. The van der Waals surface area contributed by atoms with Crippen molar-refractivity contribution in [2.45, 2.75) is 20.8 Å². The summed E-state index contributed by atoms with van der Waals surface area (Å²) in [6, 6.07) is 58.0. The zero-order chi connectivity index (χ0) is 37.5. The molecule has 0 saturated heterocycles. The van der Waals surface area contributed by atoms with Gasteiger partial charge >= 0.3 is 20.4 Å². The molecule has 0 amide bonds. The zero-order valence-electron chi connectivity index (χ0n) is 31.4. The number of ether oxygens (including phenoxy) is 1. The molecule has 0 radical (unpaired) electrons. The van der Waals surface area contributed by atoms with Gasteiger partial charge in [0.2, 0.25) is 0 Å². The summed E-state index contributed by atoms with van der Waals surface area (Å²) in [5.74, 6) is 1.18. The predicted octanol–water partition coefficient (Wildman–Crippen LogP) is 12.9. The van der Waals surface area contributed by atoms with E-state index < -0.39 is 0 Å². The molecule has 274 valence electrons. The van der Waals surface area contributed by atoms with Gasteiger partial charge in [0, 0.05) is 39.9 Å². The summed E-state index contributed by atoms with van der Waals surface area (Å²) in [6.45, 7) is 6.51. The van der Waals surface area contributed by atoms with Crippen molar-refractivity contribution in [3.8, 4) is 45.3 Å². The maximum atomic E-state index is 6.68. The van der Waals surface area contributed by atoms with Gasteiger partial charge in [0.25, 0.3) is 0 Å². The van der Waals surface area contributed by atoms with E-state index in [1.54, 1.807) is 0 Å². The third-order valence-corrected chi connectivity index (χ3v) is 11.0. The van der Waals surface area contributed by atoms with Crippen molar-refractivity contribution in [2.75, 3.05) is 0 Å². The Kier molecular flexibility index (Phi) is 8.30. The van der Waals surface area contributed by atoms with Crippen molar-refractivity contribution in [3.05, 3.63) is 181 Å². The van der Waals surface area contributed by atoms with Crippen molar-refractivity contribution in [1.82, 2.24) is 18.8 Å². The number of aromatic nitrogens is 4. The van der Waals surface area contributed by atoms with Crippen molar-refractivity contribution < 1.29 is 25.2 Å². The van der Waals surface area contributed by atoms with Gasteiger partial charge in [-0.2, -0.15) is 0 Å². The molecule has 4 heterocycles. The zero-order valence-corrected chi connectivity index (χ0v) is 33.0. The number of fused-ring (bicyclic) bond motifs is 12. The Bertz CT molecular complexity index is 3340. The van der Waals surface area contributed by atoms with E-state index in [0.717, 1.165) is 82.9 Å². The third kappa shape index (κ3) is 5.48. The van der Waals surface area contributed by atoms with Crippen molar-refractivity contribution >= 4 is 54.6 Å². The molecule has 0 aliphatic heterocycles. The number of hydrogen-bond acceptors (Lipinski definition) is 3. The number of nitrogens with zero attached hydrogens (tertiary/aromatic N) is 4. The van der Waals surface area contributed by atoms with Gasteiger partial charge in [-0.25, -0.2) is 0 Å². The minimum absolute atomic E-state index is 0. The van der Waals surface area contributed by atoms with Crippen molar-refractivity contribution in [3.63, 3.8) is 0 Å². The Hall–Kier alpha value is -6.58. The molecule has 5 nitrogen and oxygen atoms in total. The summed E-state index contributed by atoms with van der Waals surface area (Å²) in [5.41, 5.74) is 13.9. The molecular formula is C51H34N4OPd. The second-order valence-corrected chi connectivity index (χ2v) is 14.6. The third-order valence-electron chi connectivity index (χ3n) is 11.0. The summed E-state index contributed by atoms with van der Waals surface area (Å²) in [4.78, 5) is 10.4. The fourth-order valence-corrected chi connectivity index (χ4v) is 8.80. The van der Waals surface area contributed by atoms with Gasteiger partial charge in [-0.05, 0) is 60.4 Å². The van der Waals surface area contributed by atoms with Crippen LogP contribution in [0.15, 0.2) is 152 Å². The second kappa shape index (κ2) is 13.6. The van der Waals surface area contributed by atoms with E-state index in [1.165, 1.54) is 22.3 Å². The largest absolute Gasteiger partial charge is 2.00 e. The summed E-state index contributed by atoms with van der Waals surface area (Å²) in [5, 5.41) is 6.17. The molecule has 0 aliphatic carbocycles. The molecule has 0 bridgehead atoms. The standard InChI is InChI=1S/C51H34N4O.Pd/c1-31-26-32(2)47(33(3)27-31)46-30-52-50-42-28-36(22-24-38(42)40-18-10-12-20-44(40)54(46)50)56-37-23-25-39-41-19-11-13-21-45(41)55-49(35-16-8-5-9-17-35)48(34-14-6-4-7-15-34)53-51(55)43(39)29-37;/h4-27,30H,1-3H3;/q-2;+2. The molecule has 0 unspecified atom stereocenters. The quantitative estimate of drug-likeness (QED) is 0.0986. The number of para-hydroxylation sites is 2. The van der Waals surface area contributed by atoms with Gasteiger partial charge in [-0.3, -0.25) is 9.97 Å². The minimum Gasteiger partial charge on any atom is -0.497 e. The Morgan fingerprint density at radius 2 is 1.05 bits per heavy atom. The van der Waals surface area contributed by atoms with E-state index in [4.69, 9.17) is 14.7 Å². The second-order valence-electron chi connectivity index (χ2n) is 14.6. The van der Waals surface area contributed by atoms with E-state index in [0.29, 0.717) is 11.5 Å². The Balaban J connectivity index is 0.00000396. The summed E-state index contributed by atoms with van der Waals surface area (Å²) in [6.07, 6.45) is 2.00.